The van der Waals surface area contributed by atoms with Gasteiger partial charge in [0.05, 0.1) is 17.6 Å². The van der Waals surface area contributed by atoms with E-state index in [2.05, 4.69) is 25.6 Å². The largest absolute Gasteiger partial charge is 0.444 e. The molecule has 0 fully saturated rings. The van der Waals surface area contributed by atoms with Gasteiger partial charge in [-0.2, -0.15) is 0 Å². The minimum Gasteiger partial charge on any atom is -0.444 e. The fourth-order valence-corrected chi connectivity index (χ4v) is 3.22. The molecule has 0 bridgehead atoms. The molecule has 0 aliphatic rings. The second-order valence-corrected chi connectivity index (χ2v) is 8.48. The molecule has 3 heterocycles. The minimum atomic E-state index is -0.576. The van der Waals surface area contributed by atoms with Gasteiger partial charge in [-0.25, -0.2) is 14.8 Å². The van der Waals surface area contributed by atoms with E-state index in [1.54, 1.807) is 45.2 Å². The molecule has 0 radical (unpaired) electrons. The van der Waals surface area contributed by atoms with E-state index in [0.29, 0.717) is 11.5 Å². The number of aromatic nitrogens is 4. The molecule has 170 valence electrons. The standard InChI is InChI=1S/C23H24N6O4/c1-23(2,3)33-22(32)25-13-18-26-15-8-7-14(10-16(15)27-18)12-24-21(31)17-11-20(30)29-9-5-4-6-19(29)28-17/h4-11H,12-13H2,1-3H3,(H,24,31)(H,25,32)(H,26,27). The van der Waals surface area contributed by atoms with E-state index in [4.69, 9.17) is 4.74 Å². The van der Waals surface area contributed by atoms with Gasteiger partial charge in [0.25, 0.3) is 11.5 Å². The summed E-state index contributed by atoms with van der Waals surface area (Å²) in [7, 11) is 0. The van der Waals surface area contributed by atoms with Crippen LogP contribution in [0.25, 0.3) is 16.7 Å². The third kappa shape index (κ3) is 5.35. The van der Waals surface area contributed by atoms with Crippen molar-refractivity contribution in [3.05, 3.63) is 76.1 Å². The number of rotatable bonds is 5. The molecule has 0 saturated heterocycles. The molecule has 2 amide bonds. The number of fused-ring (bicyclic) bond motifs is 2. The maximum absolute atomic E-state index is 12.5. The fourth-order valence-electron chi connectivity index (χ4n) is 3.22. The van der Waals surface area contributed by atoms with Crippen LogP contribution in [-0.4, -0.2) is 37.0 Å². The monoisotopic (exact) mass is 448 g/mol. The van der Waals surface area contributed by atoms with Crippen molar-refractivity contribution in [3.63, 3.8) is 0 Å². The van der Waals surface area contributed by atoms with E-state index in [1.165, 1.54) is 10.5 Å². The Kier molecular flexibility index (Phi) is 5.82. The molecule has 0 unspecified atom stereocenters. The average molecular weight is 448 g/mol. The maximum atomic E-state index is 12.5. The third-order valence-electron chi connectivity index (χ3n) is 4.65. The molecular formula is C23H24N6O4. The zero-order chi connectivity index (χ0) is 23.6. The van der Waals surface area contributed by atoms with Gasteiger partial charge in [-0.05, 0) is 50.6 Å². The Morgan fingerprint density at radius 2 is 1.88 bits per heavy atom. The van der Waals surface area contributed by atoms with Crippen molar-refractivity contribution in [2.45, 2.75) is 39.5 Å². The smallest absolute Gasteiger partial charge is 0.408 e. The third-order valence-corrected chi connectivity index (χ3v) is 4.65. The van der Waals surface area contributed by atoms with Gasteiger partial charge in [0.1, 0.15) is 22.8 Å². The van der Waals surface area contributed by atoms with E-state index in [0.717, 1.165) is 16.6 Å². The maximum Gasteiger partial charge on any atom is 0.408 e. The molecular weight excluding hydrogens is 424 g/mol. The van der Waals surface area contributed by atoms with Crippen LogP contribution >= 0.6 is 0 Å². The van der Waals surface area contributed by atoms with Gasteiger partial charge in [0.15, 0.2) is 0 Å². The number of imidazole rings is 1. The van der Waals surface area contributed by atoms with Crippen molar-refractivity contribution in [2.75, 3.05) is 0 Å². The first-order chi connectivity index (χ1) is 15.7. The van der Waals surface area contributed by atoms with Gasteiger partial charge in [0, 0.05) is 18.8 Å². The van der Waals surface area contributed by atoms with Gasteiger partial charge in [-0.1, -0.05) is 12.1 Å². The number of carbonyl (C=O) groups excluding carboxylic acids is 2. The summed E-state index contributed by atoms with van der Waals surface area (Å²) in [6.07, 6.45) is 1.08. The van der Waals surface area contributed by atoms with Crippen LogP contribution in [0.4, 0.5) is 4.79 Å². The van der Waals surface area contributed by atoms with Crippen molar-refractivity contribution < 1.29 is 14.3 Å². The lowest BCUT2D eigenvalue weighted by Crippen LogP contribution is -2.32. The number of amides is 2. The highest BCUT2D eigenvalue weighted by Gasteiger charge is 2.16. The van der Waals surface area contributed by atoms with Crippen molar-refractivity contribution in [1.29, 1.82) is 0 Å². The first-order valence-corrected chi connectivity index (χ1v) is 10.4. The highest BCUT2D eigenvalue weighted by molar-refractivity contribution is 5.92. The first-order valence-electron chi connectivity index (χ1n) is 10.4. The number of nitrogens with one attached hydrogen (secondary N) is 3. The normalized spacial score (nSPS) is 11.5. The summed E-state index contributed by atoms with van der Waals surface area (Å²) in [6.45, 7) is 5.82. The molecule has 0 atom stereocenters. The molecule has 0 spiro atoms. The number of hydrogen-bond acceptors (Lipinski definition) is 6. The quantitative estimate of drug-likeness (QED) is 0.430. The zero-order valence-electron chi connectivity index (χ0n) is 18.5. The predicted molar refractivity (Wildman–Crippen MR) is 122 cm³/mol. The second kappa shape index (κ2) is 8.73. The number of nitrogens with zero attached hydrogens (tertiary/aromatic N) is 3. The van der Waals surface area contributed by atoms with Crippen LogP contribution in [0.15, 0.2) is 53.5 Å². The van der Waals surface area contributed by atoms with Crippen LogP contribution in [0, 0.1) is 0 Å². The van der Waals surface area contributed by atoms with Gasteiger partial charge in [0.2, 0.25) is 0 Å². The molecule has 1 aromatic carbocycles. The summed E-state index contributed by atoms with van der Waals surface area (Å²) >= 11 is 0. The van der Waals surface area contributed by atoms with Crippen molar-refractivity contribution in [2.24, 2.45) is 0 Å². The van der Waals surface area contributed by atoms with Gasteiger partial charge in [-0.3, -0.25) is 14.0 Å². The molecule has 3 N–H and O–H groups in total. The molecule has 4 aromatic rings. The lowest BCUT2D eigenvalue weighted by atomic mass is 10.2. The Labute approximate surface area is 189 Å². The first kappa shape index (κ1) is 22.0. The van der Waals surface area contributed by atoms with Crippen LogP contribution in [0.1, 0.15) is 42.6 Å². The van der Waals surface area contributed by atoms with E-state index >= 15 is 0 Å². The van der Waals surface area contributed by atoms with E-state index in [9.17, 15) is 14.4 Å². The minimum absolute atomic E-state index is 0.0596. The van der Waals surface area contributed by atoms with Crippen LogP contribution in [0.2, 0.25) is 0 Å². The number of benzene rings is 1. The number of carbonyl (C=O) groups is 2. The highest BCUT2D eigenvalue weighted by Crippen LogP contribution is 2.14. The van der Waals surface area contributed by atoms with Crippen LogP contribution in [0.5, 0.6) is 0 Å². The predicted octanol–water partition coefficient (Wildman–Crippen LogP) is 2.53. The van der Waals surface area contributed by atoms with Crippen LogP contribution < -0.4 is 16.2 Å². The second-order valence-electron chi connectivity index (χ2n) is 8.48. The van der Waals surface area contributed by atoms with Gasteiger partial charge in [-0.15, -0.1) is 0 Å². The van der Waals surface area contributed by atoms with E-state index in [1.807, 2.05) is 18.2 Å². The summed E-state index contributed by atoms with van der Waals surface area (Å²) in [4.78, 5) is 48.4. The van der Waals surface area contributed by atoms with E-state index in [-0.39, 0.29) is 24.3 Å². The summed E-state index contributed by atoms with van der Waals surface area (Å²) in [5.41, 5.74) is 1.90. The Bertz CT molecular complexity index is 1400. The summed E-state index contributed by atoms with van der Waals surface area (Å²) < 4.78 is 6.59. The number of pyridine rings is 1. The zero-order valence-corrected chi connectivity index (χ0v) is 18.5. The molecule has 33 heavy (non-hydrogen) atoms. The van der Waals surface area contributed by atoms with E-state index < -0.39 is 17.6 Å². The lowest BCUT2D eigenvalue weighted by Gasteiger charge is -2.19. The molecule has 4 rings (SSSR count). The van der Waals surface area contributed by atoms with Crippen molar-refractivity contribution in [3.8, 4) is 0 Å². The number of hydrogen-bond donors (Lipinski definition) is 3. The molecule has 10 nitrogen and oxygen atoms in total. The molecule has 0 aliphatic heterocycles. The van der Waals surface area contributed by atoms with Gasteiger partial charge < -0.3 is 20.4 Å². The Balaban J connectivity index is 1.40. The summed E-state index contributed by atoms with van der Waals surface area (Å²) in [5.74, 6) is 0.142. The fraction of sp³-hybridized carbons (Fsp3) is 0.261. The Hall–Kier alpha value is -4.21. The van der Waals surface area contributed by atoms with Crippen molar-refractivity contribution in [1.82, 2.24) is 30.0 Å². The van der Waals surface area contributed by atoms with Crippen LogP contribution in [-0.2, 0) is 17.8 Å². The topological polar surface area (TPSA) is 130 Å². The highest BCUT2D eigenvalue weighted by atomic mass is 16.6. The summed E-state index contributed by atoms with van der Waals surface area (Å²) in [5, 5.41) is 5.44. The number of aromatic amines is 1. The number of alkyl carbamates (subject to hydrolysis) is 1. The number of H-pyrrole nitrogens is 1. The molecule has 0 saturated carbocycles. The van der Waals surface area contributed by atoms with Crippen molar-refractivity contribution >= 4 is 28.7 Å². The molecule has 10 heteroatoms. The Morgan fingerprint density at radius 3 is 2.67 bits per heavy atom. The summed E-state index contributed by atoms with van der Waals surface area (Å²) in [6, 6.07) is 11.9. The SMILES string of the molecule is CC(C)(C)OC(=O)NCc1nc2ccc(CNC(=O)c3cc(=O)n4ccccc4n3)cc2[nH]1. The Morgan fingerprint density at radius 1 is 1.06 bits per heavy atom. The molecule has 3 aromatic heterocycles. The molecule has 0 aliphatic carbocycles. The lowest BCUT2D eigenvalue weighted by molar-refractivity contribution is 0.0522. The van der Waals surface area contributed by atoms with Gasteiger partial charge >= 0.3 is 6.09 Å². The number of ether oxygens (including phenoxy) is 1. The van der Waals surface area contributed by atoms with Crippen LogP contribution in [0.3, 0.4) is 0 Å². The average Bonchev–Trinajstić information content (AvgIpc) is 3.17.